The number of rotatable bonds is 2. The van der Waals surface area contributed by atoms with E-state index in [2.05, 4.69) is 20.2 Å². The molecule has 98 valence electrons. The molecule has 2 rings (SSSR count). The highest BCUT2D eigenvalue weighted by Gasteiger charge is 2.07. The van der Waals surface area contributed by atoms with Crippen molar-refractivity contribution >= 4 is 35.2 Å². The number of aromatic nitrogens is 2. The van der Waals surface area contributed by atoms with Crippen molar-refractivity contribution in [2.45, 2.75) is 6.92 Å². The van der Waals surface area contributed by atoms with Crippen molar-refractivity contribution in [2.24, 2.45) is 10.2 Å². The van der Waals surface area contributed by atoms with E-state index in [1.807, 2.05) is 0 Å². The van der Waals surface area contributed by atoms with E-state index in [1.54, 1.807) is 25.1 Å². The van der Waals surface area contributed by atoms with Gasteiger partial charge in [0.15, 0.2) is 4.77 Å². The number of aromatic amines is 2. The fourth-order valence-electron chi connectivity index (χ4n) is 1.37. The van der Waals surface area contributed by atoms with Crippen LogP contribution in [0, 0.1) is 11.7 Å². The van der Waals surface area contributed by atoms with Crippen molar-refractivity contribution in [1.82, 2.24) is 9.97 Å². The quantitative estimate of drug-likeness (QED) is 0.584. The lowest BCUT2D eigenvalue weighted by molar-refractivity contribution is 0.451. The molecule has 0 aliphatic rings. The summed E-state index contributed by atoms with van der Waals surface area (Å²) in [6.07, 6.45) is 0. The van der Waals surface area contributed by atoms with Crippen molar-refractivity contribution in [2.75, 3.05) is 0 Å². The van der Waals surface area contributed by atoms with Gasteiger partial charge in [-0.3, -0.25) is 9.78 Å². The van der Waals surface area contributed by atoms with Crippen LogP contribution in [0.3, 0.4) is 0 Å². The summed E-state index contributed by atoms with van der Waals surface area (Å²) in [6.45, 7) is 1.78. The summed E-state index contributed by atoms with van der Waals surface area (Å²) in [6, 6.07) is 5.13. The van der Waals surface area contributed by atoms with Gasteiger partial charge in [-0.25, -0.2) is 0 Å². The van der Waals surface area contributed by atoms with Gasteiger partial charge in [0.2, 0.25) is 11.6 Å². The van der Waals surface area contributed by atoms with Crippen LogP contribution < -0.4 is 5.56 Å². The van der Waals surface area contributed by atoms with E-state index in [4.69, 9.17) is 23.8 Å². The Balaban J connectivity index is 2.47. The predicted octanol–water partition coefficient (Wildman–Crippen LogP) is 3.52. The third kappa shape index (κ3) is 2.88. The third-order valence-electron chi connectivity index (χ3n) is 2.40. The lowest BCUT2D eigenvalue weighted by Crippen LogP contribution is -2.06. The summed E-state index contributed by atoms with van der Waals surface area (Å²) in [4.78, 5) is 16.2. The summed E-state index contributed by atoms with van der Waals surface area (Å²) in [5.41, 5.74) is 0.374. The van der Waals surface area contributed by atoms with Crippen molar-refractivity contribution in [1.29, 1.82) is 0 Å². The Morgan fingerprint density at radius 3 is 2.74 bits per heavy atom. The average molecular weight is 297 g/mol. The molecule has 0 aliphatic carbocycles. The highest BCUT2D eigenvalue weighted by Crippen LogP contribution is 2.27. The van der Waals surface area contributed by atoms with E-state index in [-0.39, 0.29) is 10.5 Å². The van der Waals surface area contributed by atoms with Crippen LogP contribution in [-0.2, 0) is 0 Å². The number of azo groups is 1. The number of aromatic hydroxyl groups is 1. The number of hydrogen-bond donors (Lipinski definition) is 3. The van der Waals surface area contributed by atoms with E-state index in [9.17, 15) is 9.90 Å². The number of halogens is 1. The highest BCUT2D eigenvalue weighted by molar-refractivity contribution is 7.71. The molecule has 0 aliphatic heterocycles. The molecule has 19 heavy (non-hydrogen) atoms. The van der Waals surface area contributed by atoms with E-state index < -0.39 is 11.4 Å². The summed E-state index contributed by atoms with van der Waals surface area (Å²) in [7, 11) is 0. The Morgan fingerprint density at radius 2 is 2.05 bits per heavy atom. The molecule has 3 N–H and O–H groups in total. The molecule has 0 saturated carbocycles. The molecule has 0 bridgehead atoms. The topological polar surface area (TPSA) is 93.6 Å². The van der Waals surface area contributed by atoms with Crippen molar-refractivity contribution < 1.29 is 5.11 Å². The lowest BCUT2D eigenvalue weighted by atomic mass is 10.2. The lowest BCUT2D eigenvalue weighted by Gasteiger charge is -2.00. The third-order valence-corrected chi connectivity index (χ3v) is 3.01. The maximum absolute atomic E-state index is 11.6. The minimum atomic E-state index is -0.621. The van der Waals surface area contributed by atoms with Gasteiger partial charge in [0.25, 0.3) is 5.56 Å². The number of nitrogens with zero attached hydrogens (tertiary/aromatic N) is 2. The van der Waals surface area contributed by atoms with Gasteiger partial charge in [-0.15, -0.1) is 10.2 Å². The number of H-pyrrole nitrogens is 2. The first-order chi connectivity index (χ1) is 8.99. The van der Waals surface area contributed by atoms with Gasteiger partial charge in [-0.05, 0) is 36.8 Å². The molecule has 1 aromatic heterocycles. The van der Waals surface area contributed by atoms with E-state index in [1.165, 1.54) is 0 Å². The van der Waals surface area contributed by atoms with Gasteiger partial charge in [0, 0.05) is 5.02 Å². The van der Waals surface area contributed by atoms with Crippen LogP contribution in [0.4, 0.5) is 11.4 Å². The average Bonchev–Trinajstić information content (AvgIpc) is 2.33. The highest BCUT2D eigenvalue weighted by atomic mass is 35.5. The molecule has 0 spiro atoms. The molecule has 0 fully saturated rings. The number of benzene rings is 1. The molecule has 1 aromatic carbocycles. The molecule has 0 atom stereocenters. The van der Waals surface area contributed by atoms with Gasteiger partial charge >= 0.3 is 0 Å². The predicted molar refractivity (Wildman–Crippen MR) is 74.3 cm³/mol. The van der Waals surface area contributed by atoms with Crippen molar-refractivity contribution in [3.8, 4) is 5.88 Å². The molecule has 0 saturated heterocycles. The molecule has 0 radical (unpaired) electrons. The Labute approximate surface area is 117 Å². The van der Waals surface area contributed by atoms with E-state index in [0.717, 1.165) is 5.56 Å². The molecule has 1 heterocycles. The largest absolute Gasteiger partial charge is 0.493 e. The van der Waals surface area contributed by atoms with Crippen LogP contribution in [0.15, 0.2) is 33.2 Å². The molecular formula is C11H9ClN4O2S. The fraction of sp³-hybridized carbons (Fsp3) is 0.0909. The standard InChI is InChI=1S/C11H9ClN4O2S/c1-5-6(12)3-2-4-7(5)15-16-8-9(17)13-11(19)14-10(8)18/h2-4H,1H3,(H3,13,14,17,18,19). The molecule has 8 heteroatoms. The van der Waals surface area contributed by atoms with Gasteiger partial charge in [-0.2, -0.15) is 0 Å². The summed E-state index contributed by atoms with van der Waals surface area (Å²) in [5, 5.41) is 17.7. The minimum absolute atomic E-state index is 0.0142. The smallest absolute Gasteiger partial charge is 0.283 e. The first-order valence-corrected chi connectivity index (χ1v) is 6.00. The zero-order valence-electron chi connectivity index (χ0n) is 9.77. The van der Waals surface area contributed by atoms with Crippen LogP contribution >= 0.6 is 23.8 Å². The van der Waals surface area contributed by atoms with Crippen LogP contribution in [0.25, 0.3) is 0 Å². The van der Waals surface area contributed by atoms with Crippen LogP contribution in [0.1, 0.15) is 5.56 Å². The minimum Gasteiger partial charge on any atom is -0.493 e. The van der Waals surface area contributed by atoms with Gasteiger partial charge in [0.05, 0.1) is 5.69 Å². The van der Waals surface area contributed by atoms with Crippen LogP contribution in [0.5, 0.6) is 5.88 Å². The first-order valence-electron chi connectivity index (χ1n) is 5.21. The molecule has 2 aromatic rings. The zero-order chi connectivity index (χ0) is 14.0. The molecular weight excluding hydrogens is 288 g/mol. The summed E-state index contributed by atoms with van der Waals surface area (Å²) in [5.74, 6) is -0.433. The van der Waals surface area contributed by atoms with Crippen molar-refractivity contribution in [3.05, 3.63) is 43.9 Å². The number of hydrogen-bond acceptors (Lipinski definition) is 5. The van der Waals surface area contributed by atoms with Crippen LogP contribution in [0.2, 0.25) is 5.02 Å². The second-order valence-electron chi connectivity index (χ2n) is 3.69. The summed E-state index contributed by atoms with van der Waals surface area (Å²) >= 11 is 10.6. The molecule has 0 unspecified atom stereocenters. The number of nitrogens with one attached hydrogen (secondary N) is 2. The normalized spacial score (nSPS) is 11.1. The second kappa shape index (κ2) is 5.33. The van der Waals surface area contributed by atoms with E-state index >= 15 is 0 Å². The van der Waals surface area contributed by atoms with Gasteiger partial charge in [-0.1, -0.05) is 17.7 Å². The SMILES string of the molecule is Cc1c(Cl)cccc1N=Nc1c(O)[nH]c(=S)[nH]c1=O. The Hall–Kier alpha value is -1.99. The zero-order valence-corrected chi connectivity index (χ0v) is 11.3. The first kappa shape index (κ1) is 13.4. The molecule has 6 nitrogen and oxygen atoms in total. The maximum Gasteiger partial charge on any atom is 0.283 e. The summed E-state index contributed by atoms with van der Waals surface area (Å²) < 4.78 is 0.0142. The van der Waals surface area contributed by atoms with E-state index in [0.29, 0.717) is 10.7 Å². The van der Waals surface area contributed by atoms with Gasteiger partial charge in [0.1, 0.15) is 0 Å². The Morgan fingerprint density at radius 1 is 1.32 bits per heavy atom. The van der Waals surface area contributed by atoms with Crippen LogP contribution in [-0.4, -0.2) is 15.1 Å². The second-order valence-corrected chi connectivity index (χ2v) is 4.50. The Bertz CT molecular complexity index is 766. The fourth-order valence-corrected chi connectivity index (χ4v) is 1.73. The monoisotopic (exact) mass is 296 g/mol. The molecule has 0 amide bonds. The Kier molecular flexibility index (Phi) is 3.77. The maximum atomic E-state index is 11.6. The van der Waals surface area contributed by atoms with Gasteiger partial charge < -0.3 is 10.1 Å². The van der Waals surface area contributed by atoms with Crippen molar-refractivity contribution in [3.63, 3.8) is 0 Å².